The van der Waals surface area contributed by atoms with Gasteiger partial charge in [0.15, 0.2) is 5.69 Å². The molecule has 1 unspecified atom stereocenters. The van der Waals surface area contributed by atoms with Gasteiger partial charge >= 0.3 is 6.18 Å². The summed E-state index contributed by atoms with van der Waals surface area (Å²) in [6, 6.07) is 6.40. The number of likely N-dealkylation sites (N-methyl/N-ethyl adjacent to an activating group) is 1. The average molecular weight is 401 g/mol. The molecule has 3 rings (SSSR count). The summed E-state index contributed by atoms with van der Waals surface area (Å²) < 4.78 is 41.6. The van der Waals surface area contributed by atoms with Crippen molar-refractivity contribution < 1.29 is 18.0 Å². The number of nitrogens with zero attached hydrogens (tertiary/aromatic N) is 3. The molecule has 1 amide bonds. The third-order valence-corrected chi connectivity index (χ3v) is 4.95. The molecule has 0 spiro atoms. The molecule has 1 aliphatic carbocycles. The molecule has 1 atom stereocenters. The number of halogens is 4. The first-order chi connectivity index (χ1) is 12.7. The summed E-state index contributed by atoms with van der Waals surface area (Å²) in [5.74, 6) is -0.799. The van der Waals surface area contributed by atoms with E-state index in [2.05, 4.69) is 15.3 Å². The van der Waals surface area contributed by atoms with Crippen LogP contribution in [0.15, 0.2) is 30.5 Å². The molecule has 0 saturated heterocycles. The van der Waals surface area contributed by atoms with Gasteiger partial charge < -0.3 is 5.32 Å². The smallest absolute Gasteiger partial charge is 0.350 e. The number of hydrogen-bond donors (Lipinski definition) is 1. The highest BCUT2D eigenvalue weighted by Gasteiger charge is 2.40. The lowest BCUT2D eigenvalue weighted by Crippen LogP contribution is -2.41. The van der Waals surface area contributed by atoms with E-state index in [0.29, 0.717) is 10.7 Å². The van der Waals surface area contributed by atoms with Crippen LogP contribution in [-0.4, -0.2) is 46.3 Å². The van der Waals surface area contributed by atoms with Crippen LogP contribution in [0.4, 0.5) is 13.2 Å². The number of carbonyl (C=O) groups is 1. The Morgan fingerprint density at radius 3 is 2.74 bits per heavy atom. The zero-order valence-electron chi connectivity index (χ0n) is 14.9. The number of hydrogen-bond acceptors (Lipinski definition) is 3. The summed E-state index contributed by atoms with van der Waals surface area (Å²) in [7, 11) is 1.95. The van der Waals surface area contributed by atoms with E-state index in [-0.39, 0.29) is 23.3 Å². The highest BCUT2D eigenvalue weighted by molar-refractivity contribution is 6.30. The van der Waals surface area contributed by atoms with Crippen LogP contribution in [0, 0.1) is 0 Å². The highest BCUT2D eigenvalue weighted by Crippen LogP contribution is 2.34. The van der Waals surface area contributed by atoms with Crippen LogP contribution in [0.1, 0.15) is 35.8 Å². The van der Waals surface area contributed by atoms with Crippen molar-refractivity contribution in [3.63, 3.8) is 0 Å². The summed E-state index contributed by atoms with van der Waals surface area (Å²) in [4.78, 5) is 14.6. The van der Waals surface area contributed by atoms with Gasteiger partial charge in [0, 0.05) is 23.7 Å². The van der Waals surface area contributed by atoms with E-state index in [1.54, 1.807) is 6.07 Å². The fraction of sp³-hybridized carbons (Fsp3) is 0.444. The minimum atomic E-state index is -4.75. The van der Waals surface area contributed by atoms with Crippen LogP contribution >= 0.6 is 11.6 Å². The number of nitrogens with one attached hydrogen (secondary N) is 1. The lowest BCUT2D eigenvalue weighted by molar-refractivity contribution is -0.143. The minimum Gasteiger partial charge on any atom is -0.350 e. The van der Waals surface area contributed by atoms with Gasteiger partial charge in [-0.2, -0.15) is 18.3 Å². The van der Waals surface area contributed by atoms with Gasteiger partial charge in [0.05, 0.1) is 17.4 Å². The fourth-order valence-corrected chi connectivity index (χ4v) is 3.10. The molecule has 9 heteroatoms. The number of carbonyl (C=O) groups excluding carboxylic acids is 1. The molecule has 1 N–H and O–H groups in total. The van der Waals surface area contributed by atoms with Crippen molar-refractivity contribution in [3.05, 3.63) is 46.7 Å². The van der Waals surface area contributed by atoms with Crippen molar-refractivity contribution >= 4 is 17.5 Å². The number of benzene rings is 1. The van der Waals surface area contributed by atoms with Crippen molar-refractivity contribution in [3.8, 4) is 5.69 Å². The Bertz CT molecular complexity index is 832. The Hall–Kier alpha value is -2.06. The molecule has 1 aromatic heterocycles. The van der Waals surface area contributed by atoms with Crippen LogP contribution in [0.3, 0.4) is 0 Å². The minimum absolute atomic E-state index is 0.0266. The topological polar surface area (TPSA) is 50.2 Å². The molecular formula is C18H20ClF3N4O. The molecule has 0 aliphatic heterocycles. The Kier molecular flexibility index (Phi) is 5.48. The first kappa shape index (κ1) is 19.7. The molecule has 1 saturated carbocycles. The Balaban J connectivity index is 1.83. The predicted molar refractivity (Wildman–Crippen MR) is 96.2 cm³/mol. The molecular weight excluding hydrogens is 381 g/mol. The Labute approximate surface area is 160 Å². The monoisotopic (exact) mass is 400 g/mol. The van der Waals surface area contributed by atoms with Crippen LogP contribution in [-0.2, 0) is 6.18 Å². The largest absolute Gasteiger partial charge is 0.434 e. The van der Waals surface area contributed by atoms with E-state index < -0.39 is 23.3 Å². The zero-order valence-corrected chi connectivity index (χ0v) is 15.7. The van der Waals surface area contributed by atoms with Gasteiger partial charge in [0.25, 0.3) is 5.91 Å². The maximum absolute atomic E-state index is 13.6. The predicted octanol–water partition coefficient (Wildman–Crippen LogP) is 3.76. The van der Waals surface area contributed by atoms with Crippen molar-refractivity contribution in [2.24, 2.45) is 0 Å². The number of alkyl halides is 3. The third kappa shape index (κ3) is 4.44. The van der Waals surface area contributed by atoms with E-state index in [9.17, 15) is 18.0 Å². The summed E-state index contributed by atoms with van der Waals surface area (Å²) in [5, 5.41) is 6.65. The van der Waals surface area contributed by atoms with Crippen molar-refractivity contribution in [2.45, 2.75) is 38.0 Å². The maximum Gasteiger partial charge on any atom is 0.434 e. The SMILES string of the molecule is CC(CNC(=O)c1cnn(-c2cccc(Cl)c2)c1C(F)(F)F)N(C)C1CC1. The second kappa shape index (κ2) is 7.52. The first-order valence-electron chi connectivity index (χ1n) is 8.59. The van der Waals surface area contributed by atoms with Crippen LogP contribution in [0.2, 0.25) is 5.02 Å². The molecule has 1 aliphatic rings. The summed E-state index contributed by atoms with van der Waals surface area (Å²) in [6.07, 6.45) is -1.59. The molecule has 1 fully saturated rings. The standard InChI is InChI=1S/C18H20ClF3N4O/c1-11(25(2)13-6-7-13)9-23-17(27)15-10-24-26(16(15)18(20,21)22)14-5-3-4-12(19)8-14/h3-5,8,10-11,13H,6-7,9H2,1-2H3,(H,23,27). The van der Waals surface area contributed by atoms with Crippen LogP contribution in [0.5, 0.6) is 0 Å². The van der Waals surface area contributed by atoms with Gasteiger partial charge in [-0.1, -0.05) is 17.7 Å². The van der Waals surface area contributed by atoms with Crippen molar-refractivity contribution in [2.75, 3.05) is 13.6 Å². The Morgan fingerprint density at radius 1 is 1.44 bits per heavy atom. The molecule has 1 aromatic carbocycles. The highest BCUT2D eigenvalue weighted by atomic mass is 35.5. The van der Waals surface area contributed by atoms with Gasteiger partial charge in [-0.3, -0.25) is 9.69 Å². The zero-order chi connectivity index (χ0) is 19.8. The van der Waals surface area contributed by atoms with E-state index in [1.165, 1.54) is 18.2 Å². The Morgan fingerprint density at radius 2 is 2.15 bits per heavy atom. The first-order valence-corrected chi connectivity index (χ1v) is 8.97. The third-order valence-electron chi connectivity index (χ3n) is 4.71. The fourth-order valence-electron chi connectivity index (χ4n) is 2.91. The molecule has 0 radical (unpaired) electrons. The number of rotatable bonds is 6. The van der Waals surface area contributed by atoms with Crippen LogP contribution < -0.4 is 5.32 Å². The normalized spacial score (nSPS) is 15.8. The molecule has 2 aromatic rings. The summed E-state index contributed by atoms with van der Waals surface area (Å²) in [5.41, 5.74) is -1.50. The number of aromatic nitrogens is 2. The van der Waals surface area contributed by atoms with Crippen molar-refractivity contribution in [1.29, 1.82) is 0 Å². The second-order valence-electron chi connectivity index (χ2n) is 6.75. The molecule has 0 bridgehead atoms. The summed E-state index contributed by atoms with van der Waals surface area (Å²) in [6.45, 7) is 2.18. The van der Waals surface area contributed by atoms with E-state index in [1.807, 2.05) is 14.0 Å². The second-order valence-corrected chi connectivity index (χ2v) is 7.19. The maximum atomic E-state index is 13.6. The van der Waals surface area contributed by atoms with Crippen molar-refractivity contribution in [1.82, 2.24) is 20.0 Å². The van der Waals surface area contributed by atoms with Gasteiger partial charge in [-0.05, 0) is 45.0 Å². The summed E-state index contributed by atoms with van der Waals surface area (Å²) >= 11 is 5.87. The quantitative estimate of drug-likeness (QED) is 0.803. The molecule has 146 valence electrons. The van der Waals surface area contributed by atoms with E-state index >= 15 is 0 Å². The van der Waals surface area contributed by atoms with Gasteiger partial charge in [-0.25, -0.2) is 4.68 Å². The number of amides is 1. The lowest BCUT2D eigenvalue weighted by atomic mass is 10.2. The van der Waals surface area contributed by atoms with Crippen LogP contribution in [0.25, 0.3) is 5.69 Å². The average Bonchev–Trinajstić information content (AvgIpc) is 3.34. The van der Waals surface area contributed by atoms with Gasteiger partial charge in [-0.15, -0.1) is 0 Å². The molecule has 1 heterocycles. The van der Waals surface area contributed by atoms with E-state index in [0.717, 1.165) is 19.0 Å². The molecule has 5 nitrogen and oxygen atoms in total. The van der Waals surface area contributed by atoms with E-state index in [4.69, 9.17) is 11.6 Å². The van der Waals surface area contributed by atoms with Gasteiger partial charge in [0.2, 0.25) is 0 Å². The van der Waals surface area contributed by atoms with Gasteiger partial charge in [0.1, 0.15) is 0 Å². The lowest BCUT2D eigenvalue weighted by Gasteiger charge is -2.24. The molecule has 27 heavy (non-hydrogen) atoms.